The second-order valence-corrected chi connectivity index (χ2v) is 9.17. The Morgan fingerprint density at radius 1 is 0.686 bits per heavy atom. The number of rotatable bonds is 5. The number of hydrogen-bond donors (Lipinski definition) is 0. The molecule has 0 N–H and O–H groups in total. The molecule has 1 heterocycles. The van der Waals surface area contributed by atoms with E-state index in [0.717, 1.165) is 22.5 Å². The van der Waals surface area contributed by atoms with E-state index in [-0.39, 0.29) is 24.8 Å². The molecule has 3 aromatic rings. The number of benzene rings is 3. The minimum absolute atomic E-state index is 0.0181. The van der Waals surface area contributed by atoms with E-state index in [9.17, 15) is 9.59 Å². The van der Waals surface area contributed by atoms with E-state index in [4.69, 9.17) is 0 Å². The van der Waals surface area contributed by atoms with E-state index in [0.29, 0.717) is 16.7 Å². The van der Waals surface area contributed by atoms with Crippen LogP contribution in [0.2, 0.25) is 0 Å². The summed E-state index contributed by atoms with van der Waals surface area (Å²) in [7, 11) is 7.97. The number of Topliss-reactive ketones (excluding diaryl/α,β-unsaturated/α-hetero) is 1. The number of ketones is 1. The third kappa shape index (κ3) is 5.69. The summed E-state index contributed by atoms with van der Waals surface area (Å²) in [6.45, 7) is 0.553. The lowest BCUT2D eigenvalue weighted by Crippen LogP contribution is -2.41. The summed E-state index contributed by atoms with van der Waals surface area (Å²) in [4.78, 5) is 32.6. The summed E-state index contributed by atoms with van der Waals surface area (Å²) in [5.41, 5.74) is 5.87. The van der Waals surface area contributed by atoms with Crippen LogP contribution in [-0.2, 0) is 4.79 Å². The zero-order valence-electron chi connectivity index (χ0n) is 20.7. The second-order valence-electron chi connectivity index (χ2n) is 9.17. The minimum Gasteiger partial charge on any atom is -0.378 e. The van der Waals surface area contributed by atoms with Gasteiger partial charge in [-0.25, -0.2) is 0 Å². The van der Waals surface area contributed by atoms with Crippen molar-refractivity contribution < 1.29 is 9.59 Å². The van der Waals surface area contributed by atoms with Gasteiger partial charge in [-0.3, -0.25) is 9.59 Å². The predicted molar refractivity (Wildman–Crippen MR) is 145 cm³/mol. The van der Waals surface area contributed by atoms with E-state index < -0.39 is 0 Å². The number of likely N-dealkylation sites (tertiary alicyclic amines) is 1. The Hall–Kier alpha value is -4.12. The van der Waals surface area contributed by atoms with E-state index in [1.807, 2.05) is 129 Å². The van der Waals surface area contributed by atoms with Crippen LogP contribution >= 0.6 is 0 Å². The summed E-state index contributed by atoms with van der Waals surface area (Å²) in [5, 5.41) is 0. The molecule has 0 spiro atoms. The largest absolute Gasteiger partial charge is 0.378 e. The van der Waals surface area contributed by atoms with E-state index in [1.165, 1.54) is 0 Å². The van der Waals surface area contributed by atoms with Gasteiger partial charge >= 0.3 is 0 Å². The number of hydrogen-bond acceptors (Lipinski definition) is 4. The highest BCUT2D eigenvalue weighted by atomic mass is 16.2. The standard InChI is InChI=1S/C30H31N3O2/c1-31(2)27-14-10-22(11-15-27)18-25-20-33(30(35)24-8-6-5-7-9-24)21-26(29(25)34)19-23-12-16-28(17-13-23)32(3)4/h5-19H,20-21H2,1-4H3. The Morgan fingerprint density at radius 3 is 1.51 bits per heavy atom. The molecule has 1 saturated heterocycles. The van der Waals surface area contributed by atoms with Crippen molar-refractivity contribution in [1.82, 2.24) is 4.90 Å². The van der Waals surface area contributed by atoms with Crippen molar-refractivity contribution in [2.24, 2.45) is 0 Å². The number of piperidine rings is 1. The Kier molecular flexibility index (Phi) is 7.16. The second kappa shape index (κ2) is 10.4. The monoisotopic (exact) mass is 465 g/mol. The molecule has 5 heteroatoms. The molecule has 1 aliphatic rings. The number of anilines is 2. The van der Waals surface area contributed by atoms with Crippen LogP contribution in [0.4, 0.5) is 11.4 Å². The van der Waals surface area contributed by atoms with Gasteiger partial charge in [-0.2, -0.15) is 0 Å². The molecule has 5 nitrogen and oxygen atoms in total. The normalized spacial score (nSPS) is 16.0. The van der Waals surface area contributed by atoms with Crippen LogP contribution < -0.4 is 9.80 Å². The van der Waals surface area contributed by atoms with E-state index >= 15 is 0 Å². The highest BCUT2D eigenvalue weighted by Gasteiger charge is 2.29. The molecule has 0 bridgehead atoms. The maximum absolute atomic E-state index is 13.5. The molecule has 1 fully saturated rings. The van der Waals surface area contributed by atoms with Crippen molar-refractivity contribution in [3.05, 3.63) is 107 Å². The number of nitrogens with zero attached hydrogens (tertiary/aromatic N) is 3. The lowest BCUT2D eigenvalue weighted by atomic mass is 9.93. The van der Waals surface area contributed by atoms with Gasteiger partial charge in [0.1, 0.15) is 0 Å². The first kappa shape index (κ1) is 24.0. The van der Waals surface area contributed by atoms with Crippen molar-refractivity contribution in [1.29, 1.82) is 0 Å². The first-order chi connectivity index (χ1) is 16.8. The van der Waals surface area contributed by atoms with Gasteiger partial charge < -0.3 is 14.7 Å². The third-order valence-electron chi connectivity index (χ3n) is 6.11. The molecule has 4 rings (SSSR count). The third-order valence-corrected chi connectivity index (χ3v) is 6.11. The van der Waals surface area contributed by atoms with Gasteiger partial charge in [0, 0.05) is 56.3 Å². The average Bonchev–Trinajstić information content (AvgIpc) is 2.87. The molecule has 0 aliphatic carbocycles. The summed E-state index contributed by atoms with van der Waals surface area (Å²) in [5.74, 6) is -0.101. The molecule has 1 amide bonds. The van der Waals surface area contributed by atoms with Gasteiger partial charge in [0.2, 0.25) is 0 Å². The average molecular weight is 466 g/mol. The summed E-state index contributed by atoms with van der Waals surface area (Å²) < 4.78 is 0. The van der Waals surface area contributed by atoms with Crippen LogP contribution in [0.3, 0.4) is 0 Å². The van der Waals surface area contributed by atoms with Crippen LogP contribution in [0, 0.1) is 0 Å². The fraction of sp³-hybridized carbons (Fsp3) is 0.200. The van der Waals surface area contributed by atoms with Crippen molar-refractivity contribution >= 4 is 35.2 Å². The van der Waals surface area contributed by atoms with E-state index in [2.05, 4.69) is 0 Å². The molecule has 0 radical (unpaired) electrons. The van der Waals surface area contributed by atoms with E-state index in [1.54, 1.807) is 4.90 Å². The summed E-state index contributed by atoms with van der Waals surface area (Å²) in [6, 6.07) is 25.3. The van der Waals surface area contributed by atoms with Crippen molar-refractivity contribution in [3.8, 4) is 0 Å². The molecule has 35 heavy (non-hydrogen) atoms. The first-order valence-electron chi connectivity index (χ1n) is 11.7. The molecule has 0 saturated carbocycles. The minimum atomic E-state index is -0.0826. The van der Waals surface area contributed by atoms with Gasteiger partial charge in [-0.05, 0) is 59.7 Å². The molecular weight excluding hydrogens is 434 g/mol. The van der Waals surface area contributed by atoms with Crippen LogP contribution in [0.15, 0.2) is 90.0 Å². The zero-order valence-corrected chi connectivity index (χ0v) is 20.7. The van der Waals surface area contributed by atoms with Crippen molar-refractivity contribution in [2.75, 3.05) is 51.1 Å². The van der Waals surface area contributed by atoms with Gasteiger partial charge in [0.15, 0.2) is 5.78 Å². The Balaban J connectivity index is 1.69. The SMILES string of the molecule is CN(C)c1ccc(C=C2CN(C(=O)c3ccccc3)CC(=Cc3ccc(N(C)C)cc3)C2=O)cc1. The van der Waals surface area contributed by atoms with Crippen LogP contribution in [0.5, 0.6) is 0 Å². The molecule has 0 unspecified atom stereocenters. The molecule has 178 valence electrons. The fourth-order valence-corrected chi connectivity index (χ4v) is 4.09. The Bertz CT molecular complexity index is 1180. The number of amides is 1. The predicted octanol–water partition coefficient (Wildman–Crippen LogP) is 5.01. The van der Waals surface area contributed by atoms with Crippen LogP contribution in [0.1, 0.15) is 21.5 Å². The first-order valence-corrected chi connectivity index (χ1v) is 11.7. The molecule has 0 aromatic heterocycles. The lowest BCUT2D eigenvalue weighted by Gasteiger charge is -2.30. The highest BCUT2D eigenvalue weighted by molar-refractivity contribution is 6.15. The maximum Gasteiger partial charge on any atom is 0.254 e. The molecule has 0 atom stereocenters. The van der Waals surface area contributed by atoms with Gasteiger partial charge in [-0.1, -0.05) is 42.5 Å². The number of carbonyl (C=O) groups excluding carboxylic acids is 2. The van der Waals surface area contributed by atoms with Crippen molar-refractivity contribution in [2.45, 2.75) is 0 Å². The Labute approximate surface area is 207 Å². The van der Waals surface area contributed by atoms with Gasteiger partial charge in [0.05, 0.1) is 13.1 Å². The highest BCUT2D eigenvalue weighted by Crippen LogP contribution is 2.25. The zero-order chi connectivity index (χ0) is 24.9. The summed E-state index contributed by atoms with van der Waals surface area (Å²) in [6.07, 6.45) is 3.80. The molecular formula is C30H31N3O2. The van der Waals surface area contributed by atoms with Gasteiger partial charge in [0.25, 0.3) is 5.91 Å². The van der Waals surface area contributed by atoms with Gasteiger partial charge in [-0.15, -0.1) is 0 Å². The Morgan fingerprint density at radius 2 is 1.11 bits per heavy atom. The van der Waals surface area contributed by atoms with Crippen LogP contribution in [-0.4, -0.2) is 57.9 Å². The summed E-state index contributed by atoms with van der Waals surface area (Å²) >= 11 is 0. The fourth-order valence-electron chi connectivity index (χ4n) is 4.09. The van der Waals surface area contributed by atoms with Crippen LogP contribution in [0.25, 0.3) is 12.2 Å². The lowest BCUT2D eigenvalue weighted by molar-refractivity contribution is -0.113. The number of carbonyl (C=O) groups is 2. The molecule has 3 aromatic carbocycles. The smallest absolute Gasteiger partial charge is 0.254 e. The topological polar surface area (TPSA) is 43.9 Å². The molecule has 1 aliphatic heterocycles. The maximum atomic E-state index is 13.5. The quantitative estimate of drug-likeness (QED) is 0.497. The van der Waals surface area contributed by atoms with Crippen molar-refractivity contribution in [3.63, 3.8) is 0 Å².